The lowest BCUT2D eigenvalue weighted by Crippen LogP contribution is -2.64. The summed E-state index contributed by atoms with van der Waals surface area (Å²) >= 11 is 0. The highest BCUT2D eigenvalue weighted by Gasteiger charge is 2.87. The minimum atomic E-state index is -2.05. The van der Waals surface area contributed by atoms with Gasteiger partial charge in [-0.25, -0.2) is 0 Å². The van der Waals surface area contributed by atoms with E-state index in [1.54, 1.807) is 39.8 Å². The Morgan fingerprint density at radius 1 is 1.12 bits per heavy atom. The largest absolute Gasteiger partial charge is 0.504 e. The van der Waals surface area contributed by atoms with Crippen LogP contribution in [0.5, 0.6) is 11.5 Å². The van der Waals surface area contributed by atoms with Crippen molar-refractivity contribution in [2.45, 2.75) is 64.3 Å². The standard InChI is InChI=1S/C31H36O10/c1-15-9-23-29(37,26(15)35)13-19(14-40-24(34)12-18-7-8-21(33)22(11-18)39-6)10-20-25-28(4,5)31(25,41-17(3)32)27(36)16(2)30(20,23)38/h7-11,16,20,23,25,33,37-38H,12-14H2,1-6H3/t16-,20+,23-,25-,29-,30-,31-/m1/s1. The molecule has 4 aliphatic carbocycles. The number of phenols is 1. The number of hydrogen-bond donors (Lipinski definition) is 3. The van der Waals surface area contributed by atoms with Gasteiger partial charge in [0.25, 0.3) is 0 Å². The van der Waals surface area contributed by atoms with Crippen molar-refractivity contribution in [1.29, 1.82) is 0 Å². The number of carbonyl (C=O) groups excluding carboxylic acids is 4. The maximum Gasteiger partial charge on any atom is 0.310 e. The highest BCUT2D eigenvalue weighted by Crippen LogP contribution is 2.75. The fraction of sp³-hybridized carbons (Fsp3) is 0.548. The van der Waals surface area contributed by atoms with Gasteiger partial charge in [0, 0.05) is 42.4 Å². The van der Waals surface area contributed by atoms with E-state index in [2.05, 4.69) is 0 Å². The molecule has 0 aliphatic heterocycles. The van der Waals surface area contributed by atoms with E-state index in [1.165, 1.54) is 32.2 Å². The van der Waals surface area contributed by atoms with Crippen LogP contribution in [0.15, 0.2) is 41.5 Å². The molecular weight excluding hydrogens is 532 g/mol. The number of phenolic OH excluding ortho intramolecular Hbond substituents is 1. The minimum absolute atomic E-state index is 0.0679. The molecule has 0 heterocycles. The molecule has 0 bridgehead atoms. The predicted molar refractivity (Wildman–Crippen MR) is 144 cm³/mol. The molecule has 0 radical (unpaired) electrons. The summed E-state index contributed by atoms with van der Waals surface area (Å²) in [5, 5.41) is 34.1. The van der Waals surface area contributed by atoms with Crippen molar-refractivity contribution in [2.75, 3.05) is 13.7 Å². The number of fused-ring (bicyclic) bond motifs is 5. The zero-order valence-corrected chi connectivity index (χ0v) is 24.0. The summed E-state index contributed by atoms with van der Waals surface area (Å²) in [5.41, 5.74) is -4.98. The lowest BCUT2D eigenvalue weighted by atomic mass is 9.59. The fourth-order valence-corrected chi connectivity index (χ4v) is 7.83. The predicted octanol–water partition coefficient (Wildman–Crippen LogP) is 2.22. The first kappa shape index (κ1) is 29.0. The Bertz CT molecular complexity index is 1420. The number of methoxy groups -OCH3 is 1. The topological polar surface area (TPSA) is 157 Å². The molecule has 5 rings (SSSR count). The molecule has 2 fully saturated rings. The van der Waals surface area contributed by atoms with E-state index in [-0.39, 0.29) is 36.5 Å². The molecule has 1 aromatic carbocycles. The molecule has 220 valence electrons. The summed E-state index contributed by atoms with van der Waals surface area (Å²) in [6.45, 7) is 7.67. The van der Waals surface area contributed by atoms with Crippen molar-refractivity contribution in [3.05, 3.63) is 47.1 Å². The second-order valence-electron chi connectivity index (χ2n) is 12.5. The van der Waals surface area contributed by atoms with Crippen LogP contribution in [-0.4, -0.2) is 69.3 Å². The van der Waals surface area contributed by atoms with Gasteiger partial charge in [0.1, 0.15) is 12.2 Å². The van der Waals surface area contributed by atoms with Crippen LogP contribution in [0.4, 0.5) is 0 Å². The average Bonchev–Trinajstić information content (AvgIpc) is 3.33. The van der Waals surface area contributed by atoms with Gasteiger partial charge < -0.3 is 29.5 Å². The first-order valence-corrected chi connectivity index (χ1v) is 13.7. The van der Waals surface area contributed by atoms with Gasteiger partial charge in [-0.3, -0.25) is 19.2 Å². The minimum Gasteiger partial charge on any atom is -0.504 e. The maximum atomic E-state index is 13.9. The molecule has 41 heavy (non-hydrogen) atoms. The number of aliphatic hydroxyl groups is 2. The Labute approximate surface area is 238 Å². The number of carbonyl (C=O) groups is 4. The molecule has 7 atom stereocenters. The molecular formula is C31H36O10. The lowest BCUT2D eigenvalue weighted by Gasteiger charge is -2.49. The van der Waals surface area contributed by atoms with Crippen LogP contribution in [0.3, 0.4) is 0 Å². The Morgan fingerprint density at radius 2 is 1.80 bits per heavy atom. The Balaban J connectivity index is 1.51. The third-order valence-electron chi connectivity index (χ3n) is 9.84. The summed E-state index contributed by atoms with van der Waals surface area (Å²) < 4.78 is 16.4. The summed E-state index contributed by atoms with van der Waals surface area (Å²) in [4.78, 5) is 52.1. The van der Waals surface area contributed by atoms with Crippen molar-refractivity contribution < 1.29 is 48.7 Å². The summed E-state index contributed by atoms with van der Waals surface area (Å²) in [6, 6.07) is 4.49. The molecule has 3 N–H and O–H groups in total. The average molecular weight is 569 g/mol. The number of ether oxygens (including phenoxy) is 3. The van der Waals surface area contributed by atoms with Crippen molar-refractivity contribution in [1.82, 2.24) is 0 Å². The van der Waals surface area contributed by atoms with Crippen LogP contribution in [0.2, 0.25) is 0 Å². The quantitative estimate of drug-likeness (QED) is 0.343. The van der Waals surface area contributed by atoms with E-state index >= 15 is 0 Å². The zero-order chi connectivity index (χ0) is 30.3. The van der Waals surface area contributed by atoms with Crippen LogP contribution in [0.1, 0.15) is 46.6 Å². The van der Waals surface area contributed by atoms with E-state index in [9.17, 15) is 34.5 Å². The normalized spacial score (nSPS) is 36.6. The smallest absolute Gasteiger partial charge is 0.310 e. The van der Waals surface area contributed by atoms with E-state index in [1.807, 2.05) is 0 Å². The van der Waals surface area contributed by atoms with E-state index in [4.69, 9.17) is 14.2 Å². The molecule has 0 amide bonds. The van der Waals surface area contributed by atoms with E-state index in [0.29, 0.717) is 11.1 Å². The van der Waals surface area contributed by atoms with Crippen LogP contribution >= 0.6 is 0 Å². The van der Waals surface area contributed by atoms with Crippen molar-refractivity contribution in [2.24, 2.45) is 29.1 Å². The molecule has 4 aliphatic rings. The molecule has 0 unspecified atom stereocenters. The highest BCUT2D eigenvalue weighted by molar-refractivity contribution is 6.05. The van der Waals surface area contributed by atoms with Gasteiger partial charge in [0.15, 0.2) is 28.7 Å². The number of Topliss-reactive ketones (excluding diaryl/α,β-unsaturated/α-hetero) is 2. The van der Waals surface area contributed by atoms with Gasteiger partial charge in [-0.1, -0.05) is 39.0 Å². The van der Waals surface area contributed by atoms with Gasteiger partial charge in [0.2, 0.25) is 0 Å². The Kier molecular flexibility index (Phi) is 6.55. The van der Waals surface area contributed by atoms with Gasteiger partial charge >= 0.3 is 11.9 Å². The molecule has 10 nitrogen and oxygen atoms in total. The zero-order valence-electron chi connectivity index (χ0n) is 24.0. The third kappa shape index (κ3) is 3.90. The SMILES string of the molecule is COc1cc(CC(=O)OCC2=C[C@H]3[C@@H]4C(C)(C)[C@]4(OC(C)=O)C(=O)[C@@H](C)[C@]3(O)[C@@H]3C=C(C)C(=O)[C@@]3(O)C2)ccc1O. The molecule has 0 saturated heterocycles. The van der Waals surface area contributed by atoms with Gasteiger partial charge in [0.05, 0.1) is 19.1 Å². The molecule has 2 saturated carbocycles. The Morgan fingerprint density at radius 3 is 2.44 bits per heavy atom. The number of rotatable bonds is 6. The molecule has 10 heteroatoms. The van der Waals surface area contributed by atoms with Crippen LogP contribution < -0.4 is 4.74 Å². The summed E-state index contributed by atoms with van der Waals surface area (Å²) in [7, 11) is 1.40. The maximum absolute atomic E-state index is 13.9. The molecule has 1 aromatic rings. The number of benzene rings is 1. The number of aromatic hydroxyl groups is 1. The van der Waals surface area contributed by atoms with Crippen molar-refractivity contribution in [3.8, 4) is 11.5 Å². The van der Waals surface area contributed by atoms with Crippen LogP contribution in [-0.2, 0) is 35.1 Å². The first-order chi connectivity index (χ1) is 19.0. The second kappa shape index (κ2) is 9.25. The lowest BCUT2D eigenvalue weighted by molar-refractivity contribution is -0.190. The monoisotopic (exact) mass is 568 g/mol. The van der Waals surface area contributed by atoms with Crippen LogP contribution in [0, 0.1) is 29.1 Å². The van der Waals surface area contributed by atoms with Gasteiger partial charge in [-0.2, -0.15) is 0 Å². The van der Waals surface area contributed by atoms with Gasteiger partial charge in [-0.05, 0) is 35.8 Å². The van der Waals surface area contributed by atoms with E-state index in [0.717, 1.165) is 0 Å². The molecule has 0 aromatic heterocycles. The van der Waals surface area contributed by atoms with Gasteiger partial charge in [-0.15, -0.1) is 0 Å². The number of ketones is 2. The van der Waals surface area contributed by atoms with Crippen molar-refractivity contribution in [3.63, 3.8) is 0 Å². The summed E-state index contributed by atoms with van der Waals surface area (Å²) in [6.07, 6.45) is 2.90. The molecule has 0 spiro atoms. The van der Waals surface area contributed by atoms with E-state index < -0.39 is 69.4 Å². The second-order valence-corrected chi connectivity index (χ2v) is 12.5. The third-order valence-corrected chi connectivity index (χ3v) is 9.84. The Hall–Kier alpha value is -3.50. The van der Waals surface area contributed by atoms with Crippen molar-refractivity contribution >= 4 is 23.5 Å². The highest BCUT2D eigenvalue weighted by atomic mass is 16.6. The number of hydrogen-bond acceptors (Lipinski definition) is 10. The summed E-state index contributed by atoms with van der Waals surface area (Å²) in [5.74, 6) is -5.69. The first-order valence-electron chi connectivity index (χ1n) is 13.7. The van der Waals surface area contributed by atoms with Crippen LogP contribution in [0.25, 0.3) is 0 Å². The number of esters is 2. The fourth-order valence-electron chi connectivity index (χ4n) is 7.83.